The first-order valence-corrected chi connectivity index (χ1v) is 12.8. The van der Waals surface area contributed by atoms with Crippen LogP contribution in [-0.4, -0.2) is 55.0 Å². The van der Waals surface area contributed by atoms with Gasteiger partial charge in [0.1, 0.15) is 15.7 Å². The molecule has 2 atom stereocenters. The van der Waals surface area contributed by atoms with Crippen molar-refractivity contribution in [3.63, 3.8) is 0 Å². The summed E-state index contributed by atoms with van der Waals surface area (Å²) >= 11 is 0. The van der Waals surface area contributed by atoms with Crippen molar-refractivity contribution >= 4 is 21.4 Å². The zero-order valence-electron chi connectivity index (χ0n) is 18.5. The third-order valence-corrected chi connectivity index (χ3v) is 8.20. The molecule has 11 heteroatoms. The summed E-state index contributed by atoms with van der Waals surface area (Å²) in [7, 11) is -2.17. The van der Waals surface area contributed by atoms with Crippen molar-refractivity contribution in [1.29, 1.82) is 0 Å². The highest BCUT2D eigenvalue weighted by atomic mass is 32.2. The number of anilines is 1. The van der Waals surface area contributed by atoms with Gasteiger partial charge in [-0.05, 0) is 61.1 Å². The number of halogens is 4. The molecular formula is C23H25F4N3O3S. The summed E-state index contributed by atoms with van der Waals surface area (Å²) in [5.74, 6) is -2.23. The standard InChI is InChI=1S/C23H25F4N3O3S/c1-30(22(31)14-6-8-34(32,33)9-7-14)21(23(25,26)27)20-5-4-18(13-28-20)29-19-11-15-2-3-17(24)10-16(15)12-19/h2-5,10,13-14,19,21,29H,6-9,11-12H2,1H3. The van der Waals surface area contributed by atoms with Crippen molar-refractivity contribution in [2.24, 2.45) is 5.92 Å². The van der Waals surface area contributed by atoms with Gasteiger partial charge in [-0.3, -0.25) is 9.78 Å². The van der Waals surface area contributed by atoms with Crippen LogP contribution in [0.1, 0.15) is 35.7 Å². The summed E-state index contributed by atoms with van der Waals surface area (Å²) in [5.41, 5.74) is 2.12. The number of pyridine rings is 1. The van der Waals surface area contributed by atoms with Gasteiger partial charge in [-0.25, -0.2) is 12.8 Å². The zero-order valence-corrected chi connectivity index (χ0v) is 19.3. The fourth-order valence-corrected chi connectivity index (χ4v) is 6.21. The number of hydrogen-bond donors (Lipinski definition) is 1. The molecule has 2 aromatic rings. The van der Waals surface area contributed by atoms with Gasteiger partial charge < -0.3 is 10.2 Å². The number of benzene rings is 1. The Morgan fingerprint density at radius 3 is 2.41 bits per heavy atom. The highest BCUT2D eigenvalue weighted by molar-refractivity contribution is 7.91. The molecule has 1 aliphatic heterocycles. The average Bonchev–Trinajstić information content (AvgIpc) is 3.15. The van der Waals surface area contributed by atoms with E-state index in [2.05, 4.69) is 10.3 Å². The number of carbonyl (C=O) groups excluding carboxylic acids is 1. The lowest BCUT2D eigenvalue weighted by Gasteiger charge is -2.33. The molecule has 0 saturated carbocycles. The third kappa shape index (κ3) is 5.34. The molecule has 1 fully saturated rings. The zero-order chi connectivity index (χ0) is 24.7. The van der Waals surface area contributed by atoms with Crippen molar-refractivity contribution in [3.8, 4) is 0 Å². The van der Waals surface area contributed by atoms with Gasteiger partial charge in [0.2, 0.25) is 5.91 Å². The molecule has 1 amide bonds. The third-order valence-electron chi connectivity index (χ3n) is 6.49. The number of rotatable bonds is 5. The van der Waals surface area contributed by atoms with Crippen LogP contribution in [0.5, 0.6) is 0 Å². The first-order chi connectivity index (χ1) is 15.9. The normalized spacial score (nSPS) is 21.0. The molecule has 0 radical (unpaired) electrons. The van der Waals surface area contributed by atoms with Gasteiger partial charge in [-0.15, -0.1) is 0 Å². The highest BCUT2D eigenvalue weighted by Gasteiger charge is 2.47. The van der Waals surface area contributed by atoms with Crippen LogP contribution < -0.4 is 5.32 Å². The maximum absolute atomic E-state index is 13.9. The second-order valence-electron chi connectivity index (χ2n) is 8.95. The maximum atomic E-state index is 13.9. The predicted molar refractivity (Wildman–Crippen MR) is 118 cm³/mol. The van der Waals surface area contributed by atoms with Crippen LogP contribution in [0.2, 0.25) is 0 Å². The van der Waals surface area contributed by atoms with Crippen molar-refractivity contribution in [2.75, 3.05) is 23.9 Å². The van der Waals surface area contributed by atoms with Crippen LogP contribution in [0.25, 0.3) is 0 Å². The molecular weight excluding hydrogens is 474 g/mol. The second-order valence-corrected chi connectivity index (χ2v) is 11.3. The summed E-state index contributed by atoms with van der Waals surface area (Å²) < 4.78 is 78.5. The number of alkyl halides is 3. The van der Waals surface area contributed by atoms with Crippen LogP contribution in [0.4, 0.5) is 23.2 Å². The first kappa shape index (κ1) is 24.4. The lowest BCUT2D eigenvalue weighted by atomic mass is 9.99. The van der Waals surface area contributed by atoms with E-state index >= 15 is 0 Å². The molecule has 1 aliphatic carbocycles. The fourth-order valence-electron chi connectivity index (χ4n) is 4.71. The Balaban J connectivity index is 1.45. The van der Waals surface area contributed by atoms with Gasteiger partial charge in [0.15, 0.2) is 6.04 Å². The van der Waals surface area contributed by atoms with Crippen molar-refractivity contribution in [3.05, 3.63) is 59.2 Å². The molecule has 1 aromatic heterocycles. The van der Waals surface area contributed by atoms with E-state index in [0.29, 0.717) is 23.4 Å². The maximum Gasteiger partial charge on any atom is 0.414 e. The Labute approximate surface area is 195 Å². The Morgan fingerprint density at radius 1 is 1.12 bits per heavy atom. The van der Waals surface area contributed by atoms with Gasteiger partial charge in [0, 0.05) is 19.0 Å². The largest absolute Gasteiger partial charge is 0.414 e. The van der Waals surface area contributed by atoms with Crippen molar-refractivity contribution < 1.29 is 30.8 Å². The minimum atomic E-state index is -4.76. The minimum absolute atomic E-state index is 0.0139. The molecule has 0 bridgehead atoms. The van der Waals surface area contributed by atoms with Crippen molar-refractivity contribution in [2.45, 2.75) is 43.9 Å². The van der Waals surface area contributed by atoms with Gasteiger partial charge in [0.05, 0.1) is 29.1 Å². The minimum Gasteiger partial charge on any atom is -0.380 e. The lowest BCUT2D eigenvalue weighted by Crippen LogP contribution is -2.44. The van der Waals surface area contributed by atoms with E-state index in [-0.39, 0.29) is 41.9 Å². The van der Waals surface area contributed by atoms with Gasteiger partial charge in [-0.2, -0.15) is 13.2 Å². The van der Waals surface area contributed by atoms with Crippen LogP contribution in [0, 0.1) is 11.7 Å². The van der Waals surface area contributed by atoms with Crippen LogP contribution in [0.15, 0.2) is 36.5 Å². The SMILES string of the molecule is CN(C(=O)C1CCS(=O)(=O)CC1)C(c1ccc(NC2Cc3ccc(F)cc3C2)cn1)C(F)(F)F. The van der Waals surface area contributed by atoms with E-state index in [1.807, 2.05) is 0 Å². The Hall–Kier alpha value is -2.69. The summed E-state index contributed by atoms with van der Waals surface area (Å²) in [5, 5.41) is 3.22. The summed E-state index contributed by atoms with van der Waals surface area (Å²) in [6.45, 7) is 0. The van der Waals surface area contributed by atoms with E-state index in [1.165, 1.54) is 30.5 Å². The Morgan fingerprint density at radius 2 is 1.79 bits per heavy atom. The summed E-state index contributed by atoms with van der Waals surface area (Å²) in [6, 6.07) is 5.06. The molecule has 1 aromatic carbocycles. The molecule has 4 rings (SSSR count). The van der Waals surface area contributed by atoms with E-state index in [9.17, 15) is 30.8 Å². The second kappa shape index (κ2) is 9.16. The summed E-state index contributed by atoms with van der Waals surface area (Å²) in [4.78, 5) is 17.4. The van der Waals surface area contributed by atoms with E-state index in [1.54, 1.807) is 6.07 Å². The molecule has 6 nitrogen and oxygen atoms in total. The van der Waals surface area contributed by atoms with Crippen LogP contribution >= 0.6 is 0 Å². The molecule has 2 aliphatic rings. The number of carbonyl (C=O) groups is 1. The molecule has 34 heavy (non-hydrogen) atoms. The van der Waals surface area contributed by atoms with E-state index in [4.69, 9.17) is 0 Å². The Kier molecular flexibility index (Phi) is 6.58. The number of aromatic nitrogens is 1. The molecule has 2 unspecified atom stereocenters. The van der Waals surface area contributed by atoms with E-state index in [0.717, 1.165) is 18.2 Å². The molecule has 1 N–H and O–H groups in total. The van der Waals surface area contributed by atoms with Gasteiger partial charge in [0.25, 0.3) is 0 Å². The van der Waals surface area contributed by atoms with Crippen LogP contribution in [-0.2, 0) is 27.5 Å². The molecule has 0 spiro atoms. The smallest absolute Gasteiger partial charge is 0.380 e. The highest BCUT2D eigenvalue weighted by Crippen LogP contribution is 2.38. The number of hydrogen-bond acceptors (Lipinski definition) is 5. The van der Waals surface area contributed by atoms with Gasteiger partial charge >= 0.3 is 6.18 Å². The Bertz CT molecular complexity index is 1150. The monoisotopic (exact) mass is 499 g/mol. The predicted octanol–water partition coefficient (Wildman–Crippen LogP) is 3.69. The topological polar surface area (TPSA) is 79.4 Å². The molecule has 2 heterocycles. The number of nitrogens with zero attached hydrogens (tertiary/aromatic N) is 2. The molecule has 1 saturated heterocycles. The van der Waals surface area contributed by atoms with Crippen LogP contribution in [0.3, 0.4) is 0 Å². The lowest BCUT2D eigenvalue weighted by molar-refractivity contribution is -0.191. The number of fused-ring (bicyclic) bond motifs is 1. The number of amides is 1. The number of sulfone groups is 1. The molecule has 184 valence electrons. The van der Waals surface area contributed by atoms with Crippen molar-refractivity contribution in [1.82, 2.24) is 9.88 Å². The quantitative estimate of drug-likeness (QED) is 0.635. The summed E-state index contributed by atoms with van der Waals surface area (Å²) in [6.07, 6.45) is -2.18. The first-order valence-electron chi connectivity index (χ1n) is 11.0. The fraction of sp³-hybridized carbons (Fsp3) is 0.478. The van der Waals surface area contributed by atoms with Gasteiger partial charge in [-0.1, -0.05) is 6.07 Å². The average molecular weight is 500 g/mol. The number of nitrogens with one attached hydrogen (secondary N) is 1. The van der Waals surface area contributed by atoms with E-state index < -0.39 is 33.9 Å².